The van der Waals surface area contributed by atoms with Crippen LogP contribution in [0.15, 0.2) is 79.0 Å². The van der Waals surface area contributed by atoms with Crippen molar-refractivity contribution in [2.45, 2.75) is 13.3 Å². The molecule has 3 heterocycles. The highest BCUT2D eigenvalue weighted by Crippen LogP contribution is 2.31. The zero-order valence-corrected chi connectivity index (χ0v) is 17.0. The molecule has 0 aliphatic carbocycles. The summed E-state index contributed by atoms with van der Waals surface area (Å²) in [7, 11) is 0. The monoisotopic (exact) mass is 401 g/mol. The van der Waals surface area contributed by atoms with E-state index >= 15 is 0 Å². The van der Waals surface area contributed by atoms with Crippen LogP contribution in [0.3, 0.4) is 0 Å². The number of hydrogen-bond donors (Lipinski definition) is 1. The molecule has 5 rings (SSSR count). The van der Waals surface area contributed by atoms with Crippen LogP contribution in [0.25, 0.3) is 33.5 Å². The third-order valence-corrected chi connectivity index (χ3v) is 5.23. The van der Waals surface area contributed by atoms with Crippen molar-refractivity contribution in [1.82, 2.24) is 19.9 Å². The predicted molar refractivity (Wildman–Crippen MR) is 121 cm³/mol. The van der Waals surface area contributed by atoms with Crippen LogP contribution in [0.5, 0.6) is 0 Å². The Labute approximate surface area is 180 Å². The molecule has 0 aliphatic rings. The molecule has 0 saturated carbocycles. The van der Waals surface area contributed by atoms with Crippen LogP contribution >= 0.6 is 0 Å². The fraction of sp³-hybridized carbons (Fsp3) is 0.0769. The van der Waals surface area contributed by atoms with Gasteiger partial charge in [-0.3, -0.25) is 9.97 Å². The molecule has 0 bridgehead atoms. The summed E-state index contributed by atoms with van der Waals surface area (Å²) in [6.45, 7) is 1.99. The van der Waals surface area contributed by atoms with Crippen LogP contribution in [0.2, 0.25) is 0 Å². The molecule has 5 nitrogen and oxygen atoms in total. The number of hydrogen-bond acceptors (Lipinski definition) is 4. The second kappa shape index (κ2) is 7.85. The minimum absolute atomic E-state index is 0.639. The molecule has 1 N–H and O–H groups in total. The Kier molecular flexibility index (Phi) is 4.74. The van der Waals surface area contributed by atoms with E-state index in [1.807, 2.05) is 61.5 Å². The first-order valence-electron chi connectivity index (χ1n) is 10.1. The third-order valence-electron chi connectivity index (χ3n) is 5.23. The lowest BCUT2D eigenvalue weighted by molar-refractivity contribution is 1.03. The third kappa shape index (κ3) is 3.79. The molecule has 2 aromatic carbocycles. The van der Waals surface area contributed by atoms with Gasteiger partial charge >= 0.3 is 0 Å². The van der Waals surface area contributed by atoms with Gasteiger partial charge in [0.1, 0.15) is 5.82 Å². The van der Waals surface area contributed by atoms with Crippen molar-refractivity contribution in [3.8, 4) is 28.7 Å². The minimum atomic E-state index is 0.639. The highest BCUT2D eigenvalue weighted by atomic mass is 15.0. The molecule has 0 spiro atoms. The van der Waals surface area contributed by atoms with Crippen molar-refractivity contribution in [2.24, 2.45) is 0 Å². The molecule has 0 aliphatic heterocycles. The van der Waals surface area contributed by atoms with Crippen molar-refractivity contribution >= 4 is 10.9 Å². The van der Waals surface area contributed by atoms with Gasteiger partial charge in [-0.15, -0.1) is 0 Å². The summed E-state index contributed by atoms with van der Waals surface area (Å²) in [4.78, 5) is 17.6. The highest BCUT2D eigenvalue weighted by molar-refractivity contribution is 5.86. The van der Waals surface area contributed by atoms with Crippen LogP contribution in [-0.4, -0.2) is 19.9 Å². The van der Waals surface area contributed by atoms with E-state index in [2.05, 4.69) is 34.2 Å². The van der Waals surface area contributed by atoms with E-state index in [-0.39, 0.29) is 0 Å². The number of pyridine rings is 2. The quantitative estimate of drug-likeness (QED) is 0.434. The molecule has 148 valence electrons. The van der Waals surface area contributed by atoms with Crippen molar-refractivity contribution in [1.29, 1.82) is 5.26 Å². The van der Waals surface area contributed by atoms with Gasteiger partial charge in [0.15, 0.2) is 0 Å². The van der Waals surface area contributed by atoms with Gasteiger partial charge in [-0.1, -0.05) is 30.3 Å². The average Bonchev–Trinajstić information content (AvgIpc) is 3.23. The first kappa shape index (κ1) is 18.7. The van der Waals surface area contributed by atoms with Gasteiger partial charge in [0.2, 0.25) is 0 Å². The molecule has 3 aromatic heterocycles. The molecular formula is C26H19N5. The lowest BCUT2D eigenvalue weighted by Gasteiger charge is -2.05. The zero-order valence-electron chi connectivity index (χ0n) is 17.0. The molecule has 5 heteroatoms. The van der Waals surface area contributed by atoms with E-state index in [1.165, 1.54) is 0 Å². The predicted octanol–water partition coefficient (Wildman–Crippen LogP) is 5.46. The number of imidazole rings is 1. The molecule has 31 heavy (non-hydrogen) atoms. The maximum Gasteiger partial charge on any atom is 0.111 e. The SMILES string of the molecule is Cc1cccc(-c2[nH]c(Cc3ccc(C#N)cc3)nc2-c2ccc3ncccc3c2)n1. The Bertz CT molecular complexity index is 1420. The average molecular weight is 401 g/mol. The maximum absolute atomic E-state index is 9.03. The molecular weight excluding hydrogens is 382 g/mol. The van der Waals surface area contributed by atoms with Crippen molar-refractivity contribution in [3.63, 3.8) is 0 Å². The fourth-order valence-corrected chi connectivity index (χ4v) is 3.70. The number of rotatable bonds is 4. The van der Waals surface area contributed by atoms with Crippen LogP contribution < -0.4 is 0 Å². The Morgan fingerprint density at radius 3 is 2.61 bits per heavy atom. The molecule has 0 fully saturated rings. The lowest BCUT2D eigenvalue weighted by Crippen LogP contribution is -1.91. The maximum atomic E-state index is 9.03. The van der Waals surface area contributed by atoms with Crippen LogP contribution in [0.1, 0.15) is 22.6 Å². The summed E-state index contributed by atoms with van der Waals surface area (Å²) in [6.07, 6.45) is 2.44. The highest BCUT2D eigenvalue weighted by Gasteiger charge is 2.16. The largest absolute Gasteiger partial charge is 0.340 e. The fourth-order valence-electron chi connectivity index (χ4n) is 3.70. The number of fused-ring (bicyclic) bond motifs is 1. The second-order valence-electron chi connectivity index (χ2n) is 7.47. The van der Waals surface area contributed by atoms with E-state index in [0.717, 1.165) is 50.6 Å². The molecule has 0 saturated heterocycles. The van der Waals surface area contributed by atoms with Gasteiger partial charge in [0.25, 0.3) is 0 Å². The van der Waals surface area contributed by atoms with Gasteiger partial charge in [0.05, 0.1) is 34.2 Å². The van der Waals surface area contributed by atoms with Crippen molar-refractivity contribution < 1.29 is 0 Å². The molecule has 0 atom stereocenters. The van der Waals surface area contributed by atoms with Gasteiger partial charge in [-0.2, -0.15) is 5.26 Å². The van der Waals surface area contributed by atoms with E-state index in [4.69, 9.17) is 15.2 Å². The lowest BCUT2D eigenvalue weighted by atomic mass is 10.1. The minimum Gasteiger partial charge on any atom is -0.340 e. The van der Waals surface area contributed by atoms with Crippen molar-refractivity contribution in [2.75, 3.05) is 0 Å². The molecule has 0 unspecified atom stereocenters. The molecule has 0 amide bonds. The van der Waals surface area contributed by atoms with Gasteiger partial charge in [0, 0.05) is 29.3 Å². The Balaban J connectivity index is 1.61. The summed E-state index contributed by atoms with van der Waals surface area (Å²) < 4.78 is 0. The number of nitriles is 1. The Hall–Kier alpha value is -4.30. The summed E-state index contributed by atoms with van der Waals surface area (Å²) >= 11 is 0. The summed E-state index contributed by atoms with van der Waals surface area (Å²) in [6, 6.07) is 25.9. The van der Waals surface area contributed by atoms with E-state index in [0.29, 0.717) is 12.0 Å². The number of aromatic amines is 1. The van der Waals surface area contributed by atoms with Crippen molar-refractivity contribution in [3.05, 3.63) is 102 Å². The van der Waals surface area contributed by atoms with E-state index in [1.54, 1.807) is 6.20 Å². The van der Waals surface area contributed by atoms with Gasteiger partial charge in [-0.25, -0.2) is 4.98 Å². The van der Waals surface area contributed by atoms with Gasteiger partial charge in [-0.05, 0) is 55.0 Å². The topological polar surface area (TPSA) is 78.2 Å². The molecule has 0 radical (unpaired) electrons. The van der Waals surface area contributed by atoms with E-state index in [9.17, 15) is 0 Å². The Morgan fingerprint density at radius 1 is 0.935 bits per heavy atom. The summed E-state index contributed by atoms with van der Waals surface area (Å²) in [5.41, 5.74) is 7.29. The number of nitrogens with one attached hydrogen (secondary N) is 1. The van der Waals surface area contributed by atoms with Crippen LogP contribution in [0.4, 0.5) is 0 Å². The number of aromatic nitrogens is 4. The number of aryl methyl sites for hydroxylation is 1. The number of nitrogens with zero attached hydrogens (tertiary/aromatic N) is 4. The smallest absolute Gasteiger partial charge is 0.111 e. The van der Waals surface area contributed by atoms with Crippen LogP contribution in [-0.2, 0) is 6.42 Å². The first-order valence-corrected chi connectivity index (χ1v) is 10.1. The Morgan fingerprint density at radius 2 is 1.81 bits per heavy atom. The second-order valence-corrected chi connectivity index (χ2v) is 7.47. The first-order chi connectivity index (χ1) is 15.2. The zero-order chi connectivity index (χ0) is 21.2. The standard InChI is InChI=1S/C26H19N5/c1-17-4-2-6-23(29-17)26-25(21-11-12-22-20(15-21)5-3-13-28-22)30-24(31-26)14-18-7-9-19(16-27)10-8-18/h2-13,15H,14H2,1H3,(H,30,31). The normalized spacial score (nSPS) is 10.8. The summed E-state index contributed by atoms with van der Waals surface area (Å²) in [5.74, 6) is 0.851. The van der Waals surface area contributed by atoms with Crippen LogP contribution in [0, 0.1) is 18.3 Å². The van der Waals surface area contributed by atoms with E-state index < -0.39 is 0 Å². The molecule has 5 aromatic rings. The number of benzene rings is 2. The number of H-pyrrole nitrogens is 1. The van der Waals surface area contributed by atoms with Gasteiger partial charge < -0.3 is 4.98 Å². The summed E-state index contributed by atoms with van der Waals surface area (Å²) in [5, 5.41) is 10.1.